The first-order valence-corrected chi connectivity index (χ1v) is 16.4. The third kappa shape index (κ3) is 12.1. The predicted octanol–water partition coefficient (Wildman–Crippen LogP) is 4.12. The van der Waals surface area contributed by atoms with Gasteiger partial charge in [-0.15, -0.1) is 0 Å². The van der Waals surface area contributed by atoms with Crippen LogP contribution in [0.3, 0.4) is 0 Å². The molecular formula is C37H50N6O7. The number of alkyl carbamates (subject to hydrolysis) is 1. The van der Waals surface area contributed by atoms with Crippen molar-refractivity contribution in [2.75, 3.05) is 13.7 Å². The normalized spacial score (nSPS) is 14.1. The Morgan fingerprint density at radius 3 is 1.92 bits per heavy atom. The lowest BCUT2D eigenvalue weighted by atomic mass is 9.85. The minimum atomic E-state index is -1.35. The van der Waals surface area contributed by atoms with E-state index in [1.807, 2.05) is 72.8 Å². The topological polar surface area (TPSA) is 182 Å². The maximum atomic E-state index is 13.8. The summed E-state index contributed by atoms with van der Waals surface area (Å²) in [5.74, 6) is -1.14. The number of carboxylic acid groups (broad SMARTS) is 1. The maximum absolute atomic E-state index is 13.8. The van der Waals surface area contributed by atoms with E-state index in [0.29, 0.717) is 0 Å². The van der Waals surface area contributed by atoms with E-state index in [0.717, 1.165) is 22.4 Å². The molecule has 13 heteroatoms. The molecule has 0 saturated heterocycles. The SMILES string of the molecule is COC(=O)NC(C(=O)NN(Cc1ccc(-c2ccccn2)cc1)CC(O)C(Cc1ccccc1)NC(=O)C(NC(=O)O)C(C)(C)C)C(C)(C)C. The summed E-state index contributed by atoms with van der Waals surface area (Å²) in [7, 11) is 1.21. The lowest BCUT2D eigenvalue weighted by Crippen LogP contribution is -2.60. The largest absolute Gasteiger partial charge is 0.465 e. The van der Waals surface area contributed by atoms with Gasteiger partial charge in [0, 0.05) is 24.8 Å². The molecule has 0 radical (unpaired) electrons. The summed E-state index contributed by atoms with van der Waals surface area (Å²) in [6.07, 6.45) is -1.45. The highest BCUT2D eigenvalue weighted by Gasteiger charge is 2.37. The van der Waals surface area contributed by atoms with Crippen LogP contribution in [0.4, 0.5) is 9.59 Å². The van der Waals surface area contributed by atoms with E-state index >= 15 is 0 Å². The zero-order valence-corrected chi connectivity index (χ0v) is 29.8. The number of pyridine rings is 1. The van der Waals surface area contributed by atoms with Gasteiger partial charge < -0.3 is 30.9 Å². The average Bonchev–Trinajstić information content (AvgIpc) is 3.05. The third-order valence-corrected chi connectivity index (χ3v) is 8.03. The van der Waals surface area contributed by atoms with Crippen LogP contribution < -0.4 is 21.4 Å². The van der Waals surface area contributed by atoms with Crippen molar-refractivity contribution in [1.29, 1.82) is 0 Å². The second kappa shape index (κ2) is 17.6. The smallest absolute Gasteiger partial charge is 0.407 e. The van der Waals surface area contributed by atoms with Crippen LogP contribution in [0, 0.1) is 10.8 Å². The molecule has 0 aliphatic heterocycles. The van der Waals surface area contributed by atoms with Gasteiger partial charge in [0.1, 0.15) is 12.1 Å². The first kappa shape index (κ1) is 39.4. The average molecular weight is 691 g/mol. The van der Waals surface area contributed by atoms with E-state index in [9.17, 15) is 29.4 Å². The van der Waals surface area contributed by atoms with Crippen LogP contribution in [-0.2, 0) is 27.3 Å². The molecule has 13 nitrogen and oxygen atoms in total. The number of aliphatic hydroxyl groups is 1. The number of aliphatic hydroxyl groups excluding tert-OH is 1. The highest BCUT2D eigenvalue weighted by atomic mass is 16.5. The van der Waals surface area contributed by atoms with Gasteiger partial charge in [-0.05, 0) is 40.5 Å². The first-order chi connectivity index (χ1) is 23.5. The Hall–Kier alpha value is -5.01. The molecule has 3 rings (SSSR count). The standard InChI is InChI=1S/C37H50N6O7/c1-36(2,3)30(40-34(47)48)32(45)39-28(21-24-13-9-8-10-14-24)29(44)23-43(42-33(46)31(37(4,5)6)41-35(49)50-7)22-25-16-18-26(19-17-25)27-15-11-12-20-38-27/h8-20,28-31,40,44H,21-23H2,1-7H3,(H,39,45)(H,41,49)(H,42,46)(H,47,48). The number of rotatable bonds is 14. The summed E-state index contributed by atoms with van der Waals surface area (Å²) in [5.41, 5.74) is 4.70. The Labute approximate surface area is 293 Å². The lowest BCUT2D eigenvalue weighted by Gasteiger charge is -2.35. The molecule has 4 atom stereocenters. The van der Waals surface area contributed by atoms with E-state index in [2.05, 4.69) is 26.4 Å². The number of methoxy groups -OCH3 is 1. The number of ether oxygens (including phenoxy) is 1. The van der Waals surface area contributed by atoms with Gasteiger partial charge in [-0.1, -0.05) is 102 Å². The summed E-state index contributed by atoms with van der Waals surface area (Å²) in [5, 5.41) is 30.5. The molecule has 4 amide bonds. The minimum Gasteiger partial charge on any atom is -0.465 e. The van der Waals surface area contributed by atoms with Gasteiger partial charge in [0.15, 0.2) is 0 Å². The van der Waals surface area contributed by atoms with Gasteiger partial charge in [-0.3, -0.25) is 20.0 Å². The highest BCUT2D eigenvalue weighted by molar-refractivity contribution is 5.87. The molecule has 1 heterocycles. The first-order valence-electron chi connectivity index (χ1n) is 16.4. The molecule has 0 bridgehead atoms. The molecular weight excluding hydrogens is 640 g/mol. The number of carbonyl (C=O) groups is 4. The number of aromatic nitrogens is 1. The quantitative estimate of drug-likeness (QED) is 0.136. The zero-order chi connectivity index (χ0) is 37.1. The Bertz CT molecular complexity index is 1560. The van der Waals surface area contributed by atoms with Crippen LogP contribution in [0.2, 0.25) is 0 Å². The Balaban J connectivity index is 1.95. The summed E-state index contributed by atoms with van der Waals surface area (Å²) >= 11 is 0. The molecule has 3 aromatic rings. The molecule has 0 aliphatic carbocycles. The van der Waals surface area contributed by atoms with Crippen molar-refractivity contribution in [2.45, 2.75) is 78.7 Å². The van der Waals surface area contributed by atoms with Crippen LogP contribution in [0.5, 0.6) is 0 Å². The van der Waals surface area contributed by atoms with Crippen molar-refractivity contribution in [1.82, 2.24) is 31.4 Å². The van der Waals surface area contributed by atoms with Crippen molar-refractivity contribution in [3.05, 3.63) is 90.1 Å². The minimum absolute atomic E-state index is 0.146. The van der Waals surface area contributed by atoms with Crippen LogP contribution in [0.25, 0.3) is 11.3 Å². The van der Waals surface area contributed by atoms with Gasteiger partial charge in [0.2, 0.25) is 5.91 Å². The van der Waals surface area contributed by atoms with Gasteiger partial charge in [0.25, 0.3) is 5.91 Å². The van der Waals surface area contributed by atoms with Gasteiger partial charge >= 0.3 is 12.2 Å². The van der Waals surface area contributed by atoms with Gasteiger partial charge in [-0.25, -0.2) is 14.6 Å². The van der Waals surface area contributed by atoms with E-state index in [1.54, 1.807) is 47.7 Å². The Kier molecular flexibility index (Phi) is 13.9. The van der Waals surface area contributed by atoms with Crippen LogP contribution in [0.15, 0.2) is 79.0 Å². The lowest BCUT2D eigenvalue weighted by molar-refractivity contribution is -0.132. The van der Waals surface area contributed by atoms with Crippen LogP contribution >= 0.6 is 0 Å². The van der Waals surface area contributed by atoms with E-state index in [4.69, 9.17) is 4.74 Å². The Morgan fingerprint density at radius 1 is 0.780 bits per heavy atom. The van der Waals surface area contributed by atoms with E-state index in [-0.39, 0.29) is 19.5 Å². The molecule has 2 aromatic carbocycles. The summed E-state index contributed by atoms with van der Waals surface area (Å²) in [6, 6.07) is 19.5. The summed E-state index contributed by atoms with van der Waals surface area (Å²) in [4.78, 5) is 55.5. The van der Waals surface area contributed by atoms with Crippen LogP contribution in [-0.4, -0.2) is 82.1 Å². The van der Waals surface area contributed by atoms with Gasteiger partial charge in [0.05, 0.1) is 24.9 Å². The molecule has 1 aromatic heterocycles. The number of hydrogen-bond acceptors (Lipinski definition) is 8. The number of carbonyl (C=O) groups excluding carboxylic acids is 3. The van der Waals surface area contributed by atoms with Gasteiger partial charge in [-0.2, -0.15) is 0 Å². The molecule has 0 spiro atoms. The second-order valence-electron chi connectivity index (χ2n) is 14.3. The number of hydrazine groups is 1. The Morgan fingerprint density at radius 2 is 1.38 bits per heavy atom. The second-order valence-corrected chi connectivity index (χ2v) is 14.3. The fraction of sp³-hybridized carbons (Fsp3) is 0.432. The zero-order valence-electron chi connectivity index (χ0n) is 29.8. The number of nitrogens with one attached hydrogen (secondary N) is 4. The molecule has 270 valence electrons. The molecule has 0 fully saturated rings. The maximum Gasteiger partial charge on any atom is 0.407 e. The predicted molar refractivity (Wildman–Crippen MR) is 189 cm³/mol. The molecule has 4 unspecified atom stereocenters. The summed E-state index contributed by atoms with van der Waals surface area (Å²) < 4.78 is 4.76. The fourth-order valence-corrected chi connectivity index (χ4v) is 5.33. The van der Waals surface area contributed by atoms with Crippen molar-refractivity contribution in [2.24, 2.45) is 10.8 Å². The van der Waals surface area contributed by atoms with Crippen molar-refractivity contribution < 1.29 is 34.1 Å². The fourth-order valence-electron chi connectivity index (χ4n) is 5.33. The number of hydrogen-bond donors (Lipinski definition) is 6. The van der Waals surface area contributed by atoms with Crippen LogP contribution in [0.1, 0.15) is 52.7 Å². The summed E-state index contributed by atoms with van der Waals surface area (Å²) in [6.45, 7) is 10.6. The number of nitrogens with zero attached hydrogens (tertiary/aromatic N) is 2. The monoisotopic (exact) mass is 690 g/mol. The van der Waals surface area contributed by atoms with Crippen molar-refractivity contribution >= 4 is 24.0 Å². The molecule has 0 aliphatic rings. The van der Waals surface area contributed by atoms with Crippen molar-refractivity contribution in [3.63, 3.8) is 0 Å². The third-order valence-electron chi connectivity index (χ3n) is 8.03. The van der Waals surface area contributed by atoms with E-state index in [1.165, 1.54) is 12.1 Å². The number of amides is 4. The molecule has 6 N–H and O–H groups in total. The molecule has 0 saturated carbocycles. The molecule has 50 heavy (non-hydrogen) atoms. The van der Waals surface area contributed by atoms with E-state index < -0.39 is 59.1 Å². The highest BCUT2D eigenvalue weighted by Crippen LogP contribution is 2.22. The number of benzene rings is 2. The van der Waals surface area contributed by atoms with Crippen molar-refractivity contribution in [3.8, 4) is 11.3 Å².